The van der Waals surface area contributed by atoms with E-state index in [1.807, 2.05) is 0 Å². The van der Waals surface area contributed by atoms with Crippen molar-refractivity contribution >= 4 is 0 Å². The van der Waals surface area contributed by atoms with Gasteiger partial charge < -0.3 is 24.1 Å². The summed E-state index contributed by atoms with van der Waals surface area (Å²) in [6.45, 7) is 7.04. The van der Waals surface area contributed by atoms with Crippen molar-refractivity contribution in [3.8, 4) is 6.07 Å². The molecule has 0 aromatic carbocycles. The van der Waals surface area contributed by atoms with Gasteiger partial charge in [-0.2, -0.15) is 5.26 Å². The number of nitriles is 1. The zero-order chi connectivity index (χ0) is 13.5. The summed E-state index contributed by atoms with van der Waals surface area (Å²) in [5, 5.41) is 18.7. The topological polar surface area (TPSA) is 80.9 Å². The number of methoxy groups -OCH3 is 1. The second kappa shape index (κ2) is 4.61. The molecule has 2 aliphatic heterocycles. The fraction of sp³-hybridized carbons (Fsp3) is 0.750. The summed E-state index contributed by atoms with van der Waals surface area (Å²) in [6, 6.07) is 1.81. The molecule has 2 heterocycles. The molecule has 2 rings (SSSR count). The van der Waals surface area contributed by atoms with E-state index >= 15 is 0 Å². The average molecular weight is 255 g/mol. The molecule has 5 atom stereocenters. The largest absolute Gasteiger partial charge is 0.385 e. The highest BCUT2D eigenvalue weighted by Gasteiger charge is 2.57. The third kappa shape index (κ3) is 2.16. The van der Waals surface area contributed by atoms with E-state index in [1.165, 1.54) is 7.11 Å². The molecular formula is C12H17NO5. The fourth-order valence-electron chi connectivity index (χ4n) is 2.29. The molecule has 0 saturated carbocycles. The van der Waals surface area contributed by atoms with Crippen molar-refractivity contribution in [2.45, 2.75) is 50.3 Å². The summed E-state index contributed by atoms with van der Waals surface area (Å²) in [6.07, 6.45) is -3.36. The molecule has 0 bridgehead atoms. The smallest absolute Gasteiger partial charge is 0.190 e. The van der Waals surface area contributed by atoms with Crippen LogP contribution in [0.1, 0.15) is 13.8 Å². The number of fused-ring (bicyclic) bond motifs is 1. The SMILES string of the molecule is C=C(C#N)C(O)[C@@H]1O[C@@H]2OC(C)(C)O[C@@H]2[C@H]1OC. The molecule has 6 nitrogen and oxygen atoms in total. The number of aliphatic hydroxyl groups is 1. The van der Waals surface area contributed by atoms with E-state index in [9.17, 15) is 5.11 Å². The van der Waals surface area contributed by atoms with Crippen LogP contribution in [-0.4, -0.2) is 48.7 Å². The van der Waals surface area contributed by atoms with Crippen molar-refractivity contribution in [2.24, 2.45) is 0 Å². The third-order valence-corrected chi connectivity index (χ3v) is 3.11. The number of hydrogen-bond acceptors (Lipinski definition) is 6. The van der Waals surface area contributed by atoms with Gasteiger partial charge in [-0.05, 0) is 13.8 Å². The van der Waals surface area contributed by atoms with Gasteiger partial charge in [0.1, 0.15) is 24.4 Å². The molecule has 1 N–H and O–H groups in total. The van der Waals surface area contributed by atoms with Gasteiger partial charge in [-0.15, -0.1) is 0 Å². The Morgan fingerprint density at radius 1 is 1.50 bits per heavy atom. The minimum absolute atomic E-state index is 0.0290. The number of nitrogens with zero attached hydrogens (tertiary/aromatic N) is 1. The van der Waals surface area contributed by atoms with Gasteiger partial charge in [0.25, 0.3) is 0 Å². The summed E-state index contributed by atoms with van der Waals surface area (Å²) in [5.41, 5.74) is 0.0290. The summed E-state index contributed by atoms with van der Waals surface area (Å²) in [4.78, 5) is 0. The van der Waals surface area contributed by atoms with Crippen LogP contribution in [0.5, 0.6) is 0 Å². The molecule has 100 valence electrons. The predicted octanol–water partition coefficient (Wildman–Crippen LogP) is 0.318. The van der Waals surface area contributed by atoms with Gasteiger partial charge >= 0.3 is 0 Å². The van der Waals surface area contributed by atoms with E-state index in [4.69, 9.17) is 24.2 Å². The Kier molecular flexibility index (Phi) is 3.45. The van der Waals surface area contributed by atoms with Crippen molar-refractivity contribution in [3.05, 3.63) is 12.2 Å². The van der Waals surface area contributed by atoms with Crippen LogP contribution in [0.15, 0.2) is 12.2 Å². The second-order valence-corrected chi connectivity index (χ2v) is 4.85. The summed E-state index contributed by atoms with van der Waals surface area (Å²) < 4.78 is 22.1. The molecule has 0 spiro atoms. The molecule has 1 unspecified atom stereocenters. The van der Waals surface area contributed by atoms with Gasteiger partial charge in [0.05, 0.1) is 11.6 Å². The van der Waals surface area contributed by atoms with Gasteiger partial charge in [0.2, 0.25) is 0 Å². The zero-order valence-electron chi connectivity index (χ0n) is 10.6. The van der Waals surface area contributed by atoms with Crippen LogP contribution >= 0.6 is 0 Å². The Bertz CT molecular complexity index is 388. The van der Waals surface area contributed by atoms with Gasteiger partial charge in [-0.1, -0.05) is 6.58 Å². The quantitative estimate of drug-likeness (QED) is 0.731. The standard InChI is InChI=1S/C12H17NO5/c1-6(5-13)7(14)8-9(15-4)10-11(16-8)18-12(2,3)17-10/h7-11,14H,1H2,2-4H3/t7?,8-,9-,10+,11+/m0/s1. The average Bonchev–Trinajstić information content (AvgIpc) is 2.78. The maximum Gasteiger partial charge on any atom is 0.190 e. The predicted molar refractivity (Wildman–Crippen MR) is 60.3 cm³/mol. The van der Waals surface area contributed by atoms with Crippen LogP contribution < -0.4 is 0 Å². The van der Waals surface area contributed by atoms with E-state index < -0.39 is 36.5 Å². The Labute approximate surface area is 106 Å². The lowest BCUT2D eigenvalue weighted by Gasteiger charge is -2.27. The zero-order valence-corrected chi connectivity index (χ0v) is 10.6. The lowest BCUT2D eigenvalue weighted by atomic mass is 10.0. The van der Waals surface area contributed by atoms with Crippen LogP contribution in [0.2, 0.25) is 0 Å². The maximum absolute atomic E-state index is 9.97. The van der Waals surface area contributed by atoms with E-state index in [-0.39, 0.29) is 5.57 Å². The van der Waals surface area contributed by atoms with Crippen LogP contribution in [0.4, 0.5) is 0 Å². The molecule has 2 aliphatic rings. The fourth-order valence-corrected chi connectivity index (χ4v) is 2.29. The van der Waals surface area contributed by atoms with Gasteiger partial charge in [-0.25, -0.2) is 0 Å². The number of rotatable bonds is 3. The molecule has 0 radical (unpaired) electrons. The van der Waals surface area contributed by atoms with E-state index in [2.05, 4.69) is 6.58 Å². The van der Waals surface area contributed by atoms with Crippen molar-refractivity contribution in [1.82, 2.24) is 0 Å². The third-order valence-electron chi connectivity index (χ3n) is 3.11. The summed E-state index contributed by atoms with van der Waals surface area (Å²) in [5.74, 6) is -0.742. The Hall–Kier alpha value is -0.970. The molecule has 0 aromatic heterocycles. The molecule has 6 heteroatoms. The Morgan fingerprint density at radius 2 is 2.17 bits per heavy atom. The lowest BCUT2D eigenvalue weighted by Crippen LogP contribution is -2.42. The van der Waals surface area contributed by atoms with Gasteiger partial charge in [0.15, 0.2) is 12.1 Å². The summed E-state index contributed by atoms with van der Waals surface area (Å²) in [7, 11) is 1.50. The summed E-state index contributed by atoms with van der Waals surface area (Å²) >= 11 is 0. The van der Waals surface area contributed by atoms with Crippen LogP contribution in [0.3, 0.4) is 0 Å². The highest BCUT2D eigenvalue weighted by atomic mass is 16.8. The molecule has 2 fully saturated rings. The maximum atomic E-state index is 9.97. The van der Waals surface area contributed by atoms with Crippen molar-refractivity contribution in [2.75, 3.05) is 7.11 Å². The molecular weight excluding hydrogens is 238 g/mol. The highest BCUT2D eigenvalue weighted by molar-refractivity contribution is 5.23. The lowest BCUT2D eigenvalue weighted by molar-refractivity contribution is -0.225. The minimum Gasteiger partial charge on any atom is -0.385 e. The van der Waals surface area contributed by atoms with E-state index in [1.54, 1.807) is 19.9 Å². The van der Waals surface area contributed by atoms with E-state index in [0.717, 1.165) is 0 Å². The van der Waals surface area contributed by atoms with Crippen LogP contribution in [0, 0.1) is 11.3 Å². The monoisotopic (exact) mass is 255 g/mol. The number of aliphatic hydroxyl groups excluding tert-OH is 1. The first-order chi connectivity index (χ1) is 8.39. The Balaban J connectivity index is 2.14. The molecule has 0 amide bonds. The first kappa shape index (κ1) is 13.5. The van der Waals surface area contributed by atoms with E-state index in [0.29, 0.717) is 0 Å². The molecule has 0 aliphatic carbocycles. The number of hydrogen-bond donors (Lipinski definition) is 1. The van der Waals surface area contributed by atoms with Crippen molar-refractivity contribution < 1.29 is 24.1 Å². The van der Waals surface area contributed by atoms with Gasteiger partial charge in [-0.3, -0.25) is 0 Å². The number of ether oxygens (including phenoxy) is 4. The van der Waals surface area contributed by atoms with Gasteiger partial charge in [0, 0.05) is 7.11 Å². The minimum atomic E-state index is -1.12. The Morgan fingerprint density at radius 3 is 2.72 bits per heavy atom. The van der Waals surface area contributed by atoms with Crippen molar-refractivity contribution in [3.63, 3.8) is 0 Å². The first-order valence-electron chi connectivity index (χ1n) is 5.70. The molecule has 0 aromatic rings. The first-order valence-corrected chi connectivity index (χ1v) is 5.70. The van der Waals surface area contributed by atoms with Crippen LogP contribution in [-0.2, 0) is 18.9 Å². The highest BCUT2D eigenvalue weighted by Crippen LogP contribution is 2.39. The molecule has 2 saturated heterocycles. The normalized spacial score (nSPS) is 39.1. The van der Waals surface area contributed by atoms with Crippen molar-refractivity contribution in [1.29, 1.82) is 5.26 Å². The second-order valence-electron chi connectivity index (χ2n) is 4.85. The molecule has 18 heavy (non-hydrogen) atoms. The van der Waals surface area contributed by atoms with Crippen LogP contribution in [0.25, 0.3) is 0 Å².